The van der Waals surface area contributed by atoms with E-state index in [-0.39, 0.29) is 17.8 Å². The molecule has 1 aromatic rings. The molecule has 0 aliphatic rings. The summed E-state index contributed by atoms with van der Waals surface area (Å²) in [5.41, 5.74) is 1.32. The molecule has 0 saturated carbocycles. The molecule has 0 saturated heterocycles. The zero-order valence-electron chi connectivity index (χ0n) is 12.7. The molecule has 0 N–H and O–H groups in total. The lowest BCUT2D eigenvalue weighted by molar-refractivity contribution is -0.121. The van der Waals surface area contributed by atoms with Gasteiger partial charge in [-0.1, -0.05) is 26.8 Å². The van der Waals surface area contributed by atoms with Crippen molar-refractivity contribution < 1.29 is 14.3 Å². The highest BCUT2D eigenvalue weighted by molar-refractivity contribution is 9.10. The minimum Gasteiger partial charge on any atom is -0.485 e. The second-order valence-corrected chi connectivity index (χ2v) is 6.67. The standard InChI is InChI=1S/C16H23BrO3/c1-16(2,3)12-7-8-15(14(17)10-12)20-11-13(18)6-5-9-19-4/h7-8,10H,5-6,9,11H2,1-4H3. The van der Waals surface area contributed by atoms with E-state index in [1.165, 1.54) is 5.56 Å². The quantitative estimate of drug-likeness (QED) is 0.699. The van der Waals surface area contributed by atoms with Crippen molar-refractivity contribution in [2.45, 2.75) is 39.0 Å². The van der Waals surface area contributed by atoms with Crippen LogP contribution in [0.5, 0.6) is 5.75 Å². The molecule has 0 aliphatic carbocycles. The van der Waals surface area contributed by atoms with E-state index >= 15 is 0 Å². The maximum absolute atomic E-state index is 11.6. The smallest absolute Gasteiger partial charge is 0.170 e. The van der Waals surface area contributed by atoms with Crippen molar-refractivity contribution >= 4 is 21.7 Å². The Kier molecular flexibility index (Phi) is 6.69. The second kappa shape index (κ2) is 7.79. The first-order chi connectivity index (χ1) is 9.34. The van der Waals surface area contributed by atoms with Gasteiger partial charge < -0.3 is 9.47 Å². The Labute approximate surface area is 129 Å². The fraction of sp³-hybridized carbons (Fsp3) is 0.562. The first-order valence-electron chi connectivity index (χ1n) is 6.78. The van der Waals surface area contributed by atoms with Crippen molar-refractivity contribution in [3.63, 3.8) is 0 Å². The molecule has 0 radical (unpaired) electrons. The first-order valence-corrected chi connectivity index (χ1v) is 7.57. The molecule has 0 bridgehead atoms. The lowest BCUT2D eigenvalue weighted by Gasteiger charge is -2.20. The van der Waals surface area contributed by atoms with Crippen LogP contribution >= 0.6 is 15.9 Å². The Balaban J connectivity index is 2.55. The topological polar surface area (TPSA) is 35.5 Å². The third kappa shape index (κ3) is 5.63. The van der Waals surface area contributed by atoms with E-state index < -0.39 is 0 Å². The van der Waals surface area contributed by atoms with Gasteiger partial charge in [-0.3, -0.25) is 4.79 Å². The van der Waals surface area contributed by atoms with Crippen LogP contribution in [-0.4, -0.2) is 26.1 Å². The zero-order chi connectivity index (χ0) is 15.2. The summed E-state index contributed by atoms with van der Waals surface area (Å²) in [5.74, 6) is 0.798. The molecule has 112 valence electrons. The molecule has 0 heterocycles. The van der Waals surface area contributed by atoms with Crippen LogP contribution in [0.4, 0.5) is 0 Å². The highest BCUT2D eigenvalue weighted by atomic mass is 79.9. The van der Waals surface area contributed by atoms with E-state index in [2.05, 4.69) is 36.7 Å². The van der Waals surface area contributed by atoms with E-state index in [0.29, 0.717) is 18.8 Å². The third-order valence-corrected chi connectivity index (χ3v) is 3.61. The summed E-state index contributed by atoms with van der Waals surface area (Å²) in [5, 5.41) is 0. The Morgan fingerprint density at radius 3 is 2.55 bits per heavy atom. The van der Waals surface area contributed by atoms with E-state index in [0.717, 1.165) is 10.9 Å². The van der Waals surface area contributed by atoms with Crippen molar-refractivity contribution in [3.8, 4) is 5.75 Å². The highest BCUT2D eigenvalue weighted by Crippen LogP contribution is 2.31. The number of halogens is 1. The summed E-state index contributed by atoms with van der Waals surface area (Å²) >= 11 is 3.50. The Hall–Kier alpha value is -0.870. The summed E-state index contributed by atoms with van der Waals surface area (Å²) in [6.45, 7) is 7.20. The van der Waals surface area contributed by atoms with Gasteiger partial charge in [0.15, 0.2) is 5.78 Å². The fourth-order valence-electron chi connectivity index (χ4n) is 1.73. The number of carbonyl (C=O) groups excluding carboxylic acids is 1. The molecule has 0 unspecified atom stereocenters. The summed E-state index contributed by atoms with van der Waals surface area (Å²) in [7, 11) is 1.63. The zero-order valence-corrected chi connectivity index (χ0v) is 14.2. The van der Waals surface area contributed by atoms with Crippen LogP contribution in [0, 0.1) is 0 Å². The molecule has 0 atom stereocenters. The predicted octanol–water partition coefficient (Wildman–Crippen LogP) is 4.12. The molecule has 0 aromatic heterocycles. The molecular weight excluding hydrogens is 320 g/mol. The molecule has 1 aromatic carbocycles. The molecule has 4 heteroatoms. The van der Waals surface area contributed by atoms with E-state index in [1.807, 2.05) is 18.2 Å². The van der Waals surface area contributed by atoms with Crippen molar-refractivity contribution in [2.24, 2.45) is 0 Å². The maximum Gasteiger partial charge on any atom is 0.170 e. The SMILES string of the molecule is COCCCC(=O)COc1ccc(C(C)(C)C)cc1Br. The summed E-state index contributed by atoms with van der Waals surface area (Å²) < 4.78 is 11.4. The lowest BCUT2D eigenvalue weighted by atomic mass is 9.87. The van der Waals surface area contributed by atoms with E-state index in [4.69, 9.17) is 9.47 Å². The molecule has 0 amide bonds. The summed E-state index contributed by atoms with van der Waals surface area (Å²) in [6, 6.07) is 5.99. The van der Waals surface area contributed by atoms with Crippen molar-refractivity contribution in [2.75, 3.05) is 20.3 Å². The number of methoxy groups -OCH3 is 1. The van der Waals surface area contributed by atoms with Crippen molar-refractivity contribution in [1.29, 1.82) is 0 Å². The molecule has 20 heavy (non-hydrogen) atoms. The van der Waals surface area contributed by atoms with Gasteiger partial charge in [0.1, 0.15) is 12.4 Å². The number of hydrogen-bond acceptors (Lipinski definition) is 3. The molecule has 0 spiro atoms. The number of Topliss-reactive ketones (excluding diaryl/α,β-unsaturated/α-hetero) is 1. The molecule has 1 rings (SSSR count). The molecule has 0 fully saturated rings. The number of benzene rings is 1. The number of hydrogen-bond donors (Lipinski definition) is 0. The van der Waals surface area contributed by atoms with Crippen LogP contribution < -0.4 is 4.74 Å². The van der Waals surface area contributed by atoms with Crippen molar-refractivity contribution in [1.82, 2.24) is 0 Å². The molecule has 0 aliphatic heterocycles. The predicted molar refractivity (Wildman–Crippen MR) is 84.5 cm³/mol. The average molecular weight is 343 g/mol. The average Bonchev–Trinajstić information content (AvgIpc) is 2.36. The van der Waals surface area contributed by atoms with Gasteiger partial charge in [-0.05, 0) is 45.5 Å². The number of ketones is 1. The minimum atomic E-state index is 0.0915. The van der Waals surface area contributed by atoms with Crippen LogP contribution in [0.15, 0.2) is 22.7 Å². The van der Waals surface area contributed by atoms with Crippen LogP contribution in [0.3, 0.4) is 0 Å². The van der Waals surface area contributed by atoms with Gasteiger partial charge in [0, 0.05) is 20.1 Å². The van der Waals surface area contributed by atoms with Gasteiger partial charge in [0.2, 0.25) is 0 Å². The number of rotatable bonds is 7. The molecule has 3 nitrogen and oxygen atoms in total. The number of ether oxygens (including phenoxy) is 2. The Morgan fingerprint density at radius 2 is 2.00 bits per heavy atom. The second-order valence-electron chi connectivity index (χ2n) is 5.82. The van der Waals surface area contributed by atoms with Crippen molar-refractivity contribution in [3.05, 3.63) is 28.2 Å². The van der Waals surface area contributed by atoms with Gasteiger partial charge in [-0.25, -0.2) is 0 Å². The Bertz CT molecular complexity index is 450. The summed E-state index contributed by atoms with van der Waals surface area (Å²) in [6.07, 6.45) is 1.23. The number of carbonyl (C=O) groups is 1. The molecular formula is C16H23BrO3. The van der Waals surface area contributed by atoms with Gasteiger partial charge in [0.05, 0.1) is 4.47 Å². The maximum atomic E-state index is 11.6. The Morgan fingerprint density at radius 1 is 1.30 bits per heavy atom. The third-order valence-electron chi connectivity index (χ3n) is 2.99. The lowest BCUT2D eigenvalue weighted by Crippen LogP contribution is -2.13. The van der Waals surface area contributed by atoms with Crippen LogP contribution in [0.25, 0.3) is 0 Å². The normalized spacial score (nSPS) is 11.4. The minimum absolute atomic E-state index is 0.0915. The fourth-order valence-corrected chi connectivity index (χ4v) is 2.22. The van der Waals surface area contributed by atoms with Crippen LogP contribution in [0.2, 0.25) is 0 Å². The monoisotopic (exact) mass is 342 g/mol. The largest absolute Gasteiger partial charge is 0.485 e. The van der Waals surface area contributed by atoms with Gasteiger partial charge in [0.25, 0.3) is 0 Å². The van der Waals surface area contributed by atoms with Crippen LogP contribution in [0.1, 0.15) is 39.2 Å². The van der Waals surface area contributed by atoms with E-state index in [1.54, 1.807) is 7.11 Å². The van der Waals surface area contributed by atoms with Gasteiger partial charge in [-0.15, -0.1) is 0 Å². The highest BCUT2D eigenvalue weighted by Gasteiger charge is 2.15. The van der Waals surface area contributed by atoms with Gasteiger partial charge >= 0.3 is 0 Å². The van der Waals surface area contributed by atoms with E-state index in [9.17, 15) is 4.79 Å². The van der Waals surface area contributed by atoms with Crippen LogP contribution in [-0.2, 0) is 14.9 Å². The van der Waals surface area contributed by atoms with Gasteiger partial charge in [-0.2, -0.15) is 0 Å². The first kappa shape index (κ1) is 17.2. The summed E-state index contributed by atoms with van der Waals surface area (Å²) in [4.78, 5) is 11.6.